The molecule has 13 heteroatoms. The van der Waals surface area contributed by atoms with E-state index < -0.39 is 67.5 Å². The maximum Gasteiger partial charge on any atom is 0.387 e. The Hall–Kier alpha value is -7.65. The summed E-state index contributed by atoms with van der Waals surface area (Å²) in [7, 11) is 0. The van der Waals surface area contributed by atoms with Crippen LogP contribution in [0.15, 0.2) is 0 Å². The first kappa shape index (κ1) is 34.4. The molecule has 0 spiro atoms. The predicted octanol–water partition coefficient (Wildman–Crippen LogP) is 21.3. The molecular weight excluding hydrogens is 1150 g/mol. The van der Waals surface area contributed by atoms with Crippen molar-refractivity contribution in [1.29, 1.82) is 0 Å². The summed E-state index contributed by atoms with van der Waals surface area (Å²) in [5.74, 6) is -38.4. The van der Waals surface area contributed by atoms with E-state index >= 15 is 43.9 Å². The number of halogens is 13. The van der Waals surface area contributed by atoms with Crippen LogP contribution in [0.25, 0.3) is 291 Å². The van der Waals surface area contributed by atoms with Crippen LogP contribution in [0.3, 0.4) is 0 Å². The number of hydrogen-bond donors (Lipinski definition) is 0. The minimum absolute atomic E-state index is 0.206. The average Bonchev–Trinajstić information content (AvgIpc) is 1.43. The Morgan fingerprint density at radius 1 is 0.203 bits per heavy atom. The standard InChI is InChI=1S/C66HF12I/c67-61(68,62(69,70)63(71,72)64(73,74)65(75,76)66(77,78)79)60-57-53-47-33-25-17-5-2-1-3-6(5)18-20-16-10(3)12-8-4(1)7-11-9(2)15-19(17)31(33)39-37-23(15)21(11)29-27-13(7)14(8)28-30-22(12)24(16)38-40-32(20)34(26(18)25)48(47)54(57)50(40)52-44(38)42(30)46-36(28)35(27)45-41(29)43(37)51(49(39)53)58(60)55(45)56(46)59(52)60/h57H. The summed E-state index contributed by atoms with van der Waals surface area (Å²) in [5.41, 5.74) is -3.82. The van der Waals surface area contributed by atoms with Gasteiger partial charge in [0.1, 0.15) is 5.41 Å². The van der Waals surface area contributed by atoms with E-state index in [0.29, 0.717) is 43.1 Å². The van der Waals surface area contributed by atoms with Gasteiger partial charge in [-0.05, 0) is 313 Å². The van der Waals surface area contributed by atoms with Gasteiger partial charge in [-0.3, -0.25) is 0 Å². The molecule has 0 aliphatic heterocycles. The molecule has 0 radical (unpaired) electrons. The van der Waals surface area contributed by atoms with Gasteiger partial charge in [-0.2, -0.15) is 52.7 Å². The van der Waals surface area contributed by atoms with Crippen molar-refractivity contribution in [3.8, 4) is 0 Å². The molecule has 0 fully saturated rings. The van der Waals surface area contributed by atoms with Gasteiger partial charge in [0, 0.05) is 28.5 Å². The van der Waals surface area contributed by atoms with Crippen molar-refractivity contribution in [2.45, 2.75) is 44.9 Å². The minimum atomic E-state index is -7.76. The van der Waals surface area contributed by atoms with E-state index in [0.717, 1.165) is 162 Å². The summed E-state index contributed by atoms with van der Waals surface area (Å²) in [6, 6.07) is 0. The fraction of sp³-hybridized carbons (Fsp3) is 0.121. The lowest BCUT2D eigenvalue weighted by atomic mass is 9.53. The lowest BCUT2D eigenvalue weighted by Crippen LogP contribution is -2.73. The van der Waals surface area contributed by atoms with Crippen LogP contribution in [-0.2, 0) is 5.41 Å². The van der Waals surface area contributed by atoms with Crippen LogP contribution in [0.4, 0.5) is 52.7 Å². The molecule has 79 heavy (non-hydrogen) atoms. The number of hydrogen-bond acceptors (Lipinski definition) is 0. The first-order valence-electron chi connectivity index (χ1n) is 26.6. The van der Waals surface area contributed by atoms with Gasteiger partial charge in [0.25, 0.3) is 0 Å². The molecule has 28 aromatic rings. The second kappa shape index (κ2) is 7.57. The third-order valence-electron chi connectivity index (χ3n) is 25.6. The van der Waals surface area contributed by atoms with Crippen LogP contribution >= 0.6 is 22.6 Å². The number of benzene rings is 18. The molecule has 0 heterocycles. The van der Waals surface area contributed by atoms with Crippen molar-refractivity contribution in [2.75, 3.05) is 0 Å². The third-order valence-corrected chi connectivity index (χ3v) is 26.2. The normalized spacial score (nSPS) is 21.2. The molecule has 0 atom stereocenters. The van der Waals surface area contributed by atoms with Gasteiger partial charge < -0.3 is 0 Å². The molecule has 0 aromatic heterocycles. The third kappa shape index (κ3) is 1.93. The zero-order chi connectivity index (χ0) is 50.6. The van der Waals surface area contributed by atoms with E-state index in [1.165, 1.54) is 64.6 Å². The molecule has 4 aliphatic rings. The van der Waals surface area contributed by atoms with E-state index in [4.69, 9.17) is 0 Å². The summed E-state index contributed by atoms with van der Waals surface area (Å²) in [6.07, 6.45) is 0. The van der Waals surface area contributed by atoms with Crippen LogP contribution in [0.2, 0.25) is 0 Å². The Morgan fingerprint density at radius 3 is 0.557 bits per heavy atom. The van der Waals surface area contributed by atoms with Crippen molar-refractivity contribution < 1.29 is 52.7 Å². The molecule has 0 saturated heterocycles. The highest BCUT2D eigenvalue weighted by atomic mass is 127. The summed E-state index contributed by atoms with van der Waals surface area (Å²) in [6.45, 7) is 0. The van der Waals surface area contributed by atoms with E-state index in [9.17, 15) is 8.78 Å². The maximum atomic E-state index is 20.2. The van der Waals surface area contributed by atoms with Crippen LogP contribution in [0.5, 0.6) is 0 Å². The lowest BCUT2D eigenvalue weighted by Gasteiger charge is -2.52. The molecule has 32 rings (SSSR count). The highest BCUT2D eigenvalue weighted by molar-refractivity contribution is 14.1. The summed E-state index contributed by atoms with van der Waals surface area (Å²) in [4.78, 5) is 0. The SMILES string of the molecule is FC(F)(I)C(F)(F)C(F)(F)C(F)(F)C(F)(F)C(F)(F)C12c3c4c5c6c7c8c(c9c%10c1c1c3c3c%11c4c4c5c5c7c7c%12c8c8c9c9c%10c%10c1c1c3c3c%11c%11c4c4c5c7c5c7c%12c8c8c9c9c%10c1c1c3c3c%11c4c5c4c7c8c9c1c34)C62. The minimum Gasteiger partial charge on any atom is -0.198 e. The second-order valence-corrected chi connectivity index (χ2v) is 27.8. The van der Waals surface area contributed by atoms with Crippen LogP contribution in [-0.4, -0.2) is 33.5 Å². The quantitative estimate of drug-likeness (QED) is 0.0674. The van der Waals surface area contributed by atoms with Crippen LogP contribution in [0, 0.1) is 0 Å². The van der Waals surface area contributed by atoms with Gasteiger partial charge in [0.15, 0.2) is 0 Å². The molecular formula is C66HF12I. The van der Waals surface area contributed by atoms with Gasteiger partial charge in [0.2, 0.25) is 0 Å². The van der Waals surface area contributed by atoms with Crippen molar-refractivity contribution >= 4 is 313 Å². The number of alkyl halides is 13. The zero-order valence-corrected chi connectivity index (χ0v) is 40.1. The Labute approximate surface area is 430 Å². The van der Waals surface area contributed by atoms with E-state index in [1.54, 1.807) is 0 Å². The molecule has 0 N–H and O–H groups in total. The van der Waals surface area contributed by atoms with Crippen molar-refractivity contribution in [1.82, 2.24) is 0 Å². The van der Waals surface area contributed by atoms with Crippen LogP contribution < -0.4 is 0 Å². The van der Waals surface area contributed by atoms with Gasteiger partial charge in [-0.1, -0.05) is 0 Å². The first-order valence-corrected chi connectivity index (χ1v) is 27.7. The lowest BCUT2D eigenvalue weighted by molar-refractivity contribution is -0.420. The Kier molecular flexibility index (Phi) is 3.30. The molecule has 0 saturated carbocycles. The van der Waals surface area contributed by atoms with Crippen molar-refractivity contribution in [3.05, 3.63) is 22.3 Å². The van der Waals surface area contributed by atoms with Gasteiger partial charge in [0.05, 0.1) is 0 Å². The average molecular weight is 1150 g/mol. The molecule has 0 amide bonds. The fourth-order valence-corrected chi connectivity index (χ4v) is 25.0. The fourth-order valence-electron chi connectivity index (χ4n) is 24.7. The zero-order valence-electron chi connectivity index (χ0n) is 38.0. The Morgan fingerprint density at radius 2 is 0.354 bits per heavy atom. The Balaban J connectivity index is 1.05. The van der Waals surface area contributed by atoms with Gasteiger partial charge >= 0.3 is 33.5 Å². The largest absolute Gasteiger partial charge is 0.387 e. The summed E-state index contributed by atoms with van der Waals surface area (Å²) < 4.78 is 199. The molecule has 4 aliphatic carbocycles. The first-order chi connectivity index (χ1) is 37.9. The summed E-state index contributed by atoms with van der Waals surface area (Å²) >= 11 is -0.501. The second-order valence-electron chi connectivity index (χ2n) is 26.4. The van der Waals surface area contributed by atoms with Crippen molar-refractivity contribution in [2.24, 2.45) is 0 Å². The molecule has 28 aromatic carbocycles. The van der Waals surface area contributed by atoms with Crippen molar-refractivity contribution in [3.63, 3.8) is 0 Å². The van der Waals surface area contributed by atoms with Gasteiger partial charge in [-0.15, -0.1) is 0 Å². The molecule has 0 unspecified atom stereocenters. The monoisotopic (exact) mass is 1150 g/mol. The van der Waals surface area contributed by atoms with E-state index in [1.807, 2.05) is 0 Å². The summed E-state index contributed by atoms with van der Waals surface area (Å²) in [5, 5.41) is 48.5. The maximum absolute atomic E-state index is 20.2. The highest BCUT2D eigenvalue weighted by Crippen LogP contribution is 2.86. The predicted molar refractivity (Wildman–Crippen MR) is 299 cm³/mol. The van der Waals surface area contributed by atoms with E-state index in [-0.39, 0.29) is 43.8 Å². The molecule has 356 valence electrons. The van der Waals surface area contributed by atoms with Gasteiger partial charge in [-0.25, -0.2) is 0 Å². The topological polar surface area (TPSA) is 0 Å². The molecule has 0 nitrogen and oxygen atoms in total. The van der Waals surface area contributed by atoms with E-state index in [2.05, 4.69) is 0 Å². The highest BCUT2D eigenvalue weighted by Gasteiger charge is 2.93. The Bertz CT molecular complexity index is 7370. The molecule has 0 bridgehead atoms. The van der Waals surface area contributed by atoms with Crippen LogP contribution in [0.1, 0.15) is 28.2 Å². The smallest absolute Gasteiger partial charge is 0.198 e. The number of rotatable bonds is 6.